The molecule has 0 saturated carbocycles. The summed E-state index contributed by atoms with van der Waals surface area (Å²) in [6, 6.07) is 18.0. The number of carboxylic acids is 1. The monoisotopic (exact) mass is 493 g/mol. The van der Waals surface area contributed by atoms with Gasteiger partial charge in [-0.25, -0.2) is 9.78 Å². The maximum Gasteiger partial charge on any atom is 0.335 e. The zero-order valence-corrected chi connectivity index (χ0v) is 19.1. The van der Waals surface area contributed by atoms with Crippen molar-refractivity contribution in [2.24, 2.45) is 0 Å². The smallest absolute Gasteiger partial charge is 0.335 e. The van der Waals surface area contributed by atoms with Crippen LogP contribution in [-0.2, 0) is 6.54 Å². The van der Waals surface area contributed by atoms with Crippen LogP contribution in [0.1, 0.15) is 27.3 Å². The van der Waals surface area contributed by atoms with Crippen LogP contribution >= 0.6 is 23.2 Å². The molecular weight excluding hydrogens is 477 g/mol. The zero-order chi connectivity index (χ0) is 24.2. The van der Waals surface area contributed by atoms with Gasteiger partial charge in [0.05, 0.1) is 21.2 Å². The molecule has 0 unspecified atom stereocenters. The van der Waals surface area contributed by atoms with Gasteiger partial charge >= 0.3 is 5.97 Å². The second kappa shape index (κ2) is 9.91. The van der Waals surface area contributed by atoms with Gasteiger partial charge in [0.1, 0.15) is 5.82 Å². The van der Waals surface area contributed by atoms with Crippen LogP contribution < -0.4 is 0 Å². The maximum atomic E-state index is 11.1. The highest BCUT2D eigenvalue weighted by Gasteiger charge is 2.12. The predicted molar refractivity (Wildman–Crippen MR) is 132 cm³/mol. The molecule has 170 valence electrons. The molecule has 9 heteroatoms. The first-order valence-electron chi connectivity index (χ1n) is 10.1. The van der Waals surface area contributed by atoms with E-state index < -0.39 is 10.9 Å². The van der Waals surface area contributed by atoms with Gasteiger partial charge in [-0.1, -0.05) is 41.4 Å². The van der Waals surface area contributed by atoms with Crippen LogP contribution in [0.3, 0.4) is 0 Å². The number of hydrogen-bond donors (Lipinski definition) is 1. The summed E-state index contributed by atoms with van der Waals surface area (Å²) in [4.78, 5) is 26.3. The molecular formula is C25H17Cl2N3O4. The third-order valence-corrected chi connectivity index (χ3v) is 5.64. The number of carbonyl (C=O) groups is 1. The average molecular weight is 494 g/mol. The molecule has 0 aliphatic heterocycles. The van der Waals surface area contributed by atoms with Gasteiger partial charge in [-0.05, 0) is 59.7 Å². The molecule has 4 aromatic rings. The lowest BCUT2D eigenvalue weighted by atomic mass is 10.1. The van der Waals surface area contributed by atoms with E-state index in [2.05, 4.69) is 0 Å². The minimum Gasteiger partial charge on any atom is -0.478 e. The van der Waals surface area contributed by atoms with Gasteiger partial charge in [0.25, 0.3) is 5.69 Å². The highest BCUT2D eigenvalue weighted by molar-refractivity contribution is 6.36. The summed E-state index contributed by atoms with van der Waals surface area (Å²) in [5.41, 5.74) is 3.26. The number of nitrogens with zero attached hydrogens (tertiary/aromatic N) is 3. The van der Waals surface area contributed by atoms with E-state index in [9.17, 15) is 14.9 Å². The molecule has 7 nitrogen and oxygen atoms in total. The van der Waals surface area contributed by atoms with Crippen molar-refractivity contribution in [3.63, 3.8) is 0 Å². The second-order valence-corrected chi connectivity index (χ2v) is 8.26. The molecule has 0 fully saturated rings. The molecule has 0 amide bonds. The number of carboxylic acid groups (broad SMARTS) is 1. The highest BCUT2D eigenvalue weighted by Crippen LogP contribution is 2.30. The molecule has 0 bridgehead atoms. The third kappa shape index (κ3) is 5.33. The summed E-state index contributed by atoms with van der Waals surface area (Å²) >= 11 is 12.4. The fraction of sp³-hybridized carbons (Fsp3) is 0.0400. The van der Waals surface area contributed by atoms with Crippen LogP contribution in [0.5, 0.6) is 0 Å². The Morgan fingerprint density at radius 3 is 2.35 bits per heavy atom. The van der Waals surface area contributed by atoms with E-state index in [0.29, 0.717) is 28.1 Å². The third-order valence-electron chi connectivity index (χ3n) is 5.10. The molecule has 0 aliphatic carbocycles. The Morgan fingerprint density at radius 1 is 1.03 bits per heavy atom. The van der Waals surface area contributed by atoms with Gasteiger partial charge in [0, 0.05) is 35.5 Å². The van der Waals surface area contributed by atoms with E-state index >= 15 is 0 Å². The Bertz CT molecular complexity index is 1390. The Morgan fingerprint density at radius 2 is 1.74 bits per heavy atom. The number of hydrogen-bond acceptors (Lipinski definition) is 4. The summed E-state index contributed by atoms with van der Waals surface area (Å²) in [5, 5.41) is 21.0. The van der Waals surface area contributed by atoms with Crippen molar-refractivity contribution in [2.45, 2.75) is 6.54 Å². The molecule has 1 heterocycles. The quantitative estimate of drug-likeness (QED) is 0.228. The van der Waals surface area contributed by atoms with Gasteiger partial charge in [-0.2, -0.15) is 0 Å². The van der Waals surface area contributed by atoms with Crippen molar-refractivity contribution < 1.29 is 14.8 Å². The van der Waals surface area contributed by atoms with Gasteiger partial charge in [-0.3, -0.25) is 10.1 Å². The van der Waals surface area contributed by atoms with E-state index in [1.165, 1.54) is 12.1 Å². The summed E-state index contributed by atoms with van der Waals surface area (Å²) in [6.45, 7) is 0.443. The largest absolute Gasteiger partial charge is 0.478 e. The summed E-state index contributed by atoms with van der Waals surface area (Å²) in [6.07, 6.45) is 5.47. The van der Waals surface area contributed by atoms with Crippen LogP contribution in [0, 0.1) is 10.1 Å². The van der Waals surface area contributed by atoms with E-state index in [1.807, 2.05) is 16.8 Å². The van der Waals surface area contributed by atoms with Crippen LogP contribution in [0.25, 0.3) is 23.4 Å². The minimum atomic E-state index is -0.986. The molecule has 34 heavy (non-hydrogen) atoms. The number of aromatic nitrogens is 2. The molecule has 0 spiro atoms. The summed E-state index contributed by atoms with van der Waals surface area (Å²) < 4.78 is 1.91. The van der Waals surface area contributed by atoms with Gasteiger partial charge in [-0.15, -0.1) is 0 Å². The van der Waals surface area contributed by atoms with Crippen molar-refractivity contribution in [1.82, 2.24) is 9.55 Å². The number of imidazole rings is 1. The number of nitro benzene ring substituents is 1. The van der Waals surface area contributed by atoms with Crippen molar-refractivity contribution >= 4 is 47.0 Å². The Labute approximate surface area is 204 Å². The Kier molecular flexibility index (Phi) is 6.77. The first kappa shape index (κ1) is 23.2. The topological polar surface area (TPSA) is 98.3 Å². The Balaban J connectivity index is 1.69. The van der Waals surface area contributed by atoms with Crippen molar-refractivity contribution in [1.29, 1.82) is 0 Å². The molecule has 0 radical (unpaired) electrons. The first-order chi connectivity index (χ1) is 16.3. The molecule has 0 aliphatic rings. The lowest BCUT2D eigenvalue weighted by Gasteiger charge is -2.06. The zero-order valence-electron chi connectivity index (χ0n) is 17.6. The number of rotatable bonds is 7. The van der Waals surface area contributed by atoms with Crippen LogP contribution in [0.15, 0.2) is 72.9 Å². The van der Waals surface area contributed by atoms with Crippen LogP contribution in [-0.4, -0.2) is 25.6 Å². The molecule has 1 N–H and O–H groups in total. The van der Waals surface area contributed by atoms with E-state index in [0.717, 1.165) is 16.7 Å². The molecule has 3 aromatic carbocycles. The molecule has 0 atom stereocenters. The van der Waals surface area contributed by atoms with Crippen LogP contribution in [0.2, 0.25) is 10.0 Å². The fourth-order valence-electron chi connectivity index (χ4n) is 3.34. The molecule has 1 aromatic heterocycles. The lowest BCUT2D eigenvalue weighted by molar-refractivity contribution is -0.384. The molecule has 4 rings (SSSR count). The normalized spacial score (nSPS) is 11.1. The standard InChI is InChI=1S/C25H17Cl2N3O4/c26-19-8-11-21(22(27)13-19)23-15-29(14-17-1-6-18(7-2-17)25(31)32)24(28-23)12-5-16-3-9-20(10-4-16)30(33)34/h1-13,15H,14H2,(H,31,32)/b12-5+. The van der Waals surface area contributed by atoms with Crippen LogP contribution in [0.4, 0.5) is 5.69 Å². The Hall–Kier alpha value is -3.94. The van der Waals surface area contributed by atoms with E-state index in [1.54, 1.807) is 60.7 Å². The predicted octanol–water partition coefficient (Wildman–Crippen LogP) is 6.68. The number of non-ortho nitro benzene ring substituents is 1. The van der Waals surface area contributed by atoms with Crippen molar-refractivity contribution in [3.8, 4) is 11.3 Å². The number of benzene rings is 3. The van der Waals surface area contributed by atoms with Crippen molar-refractivity contribution in [2.75, 3.05) is 0 Å². The summed E-state index contributed by atoms with van der Waals surface area (Å²) in [7, 11) is 0. The van der Waals surface area contributed by atoms with Crippen molar-refractivity contribution in [3.05, 3.63) is 116 Å². The number of halogens is 2. The fourth-order valence-corrected chi connectivity index (χ4v) is 3.85. The second-order valence-electron chi connectivity index (χ2n) is 7.42. The highest BCUT2D eigenvalue weighted by atomic mass is 35.5. The van der Waals surface area contributed by atoms with Gasteiger partial charge < -0.3 is 9.67 Å². The van der Waals surface area contributed by atoms with E-state index in [4.69, 9.17) is 33.3 Å². The number of aromatic carboxylic acids is 1. The summed E-state index contributed by atoms with van der Waals surface area (Å²) in [5.74, 6) is -0.359. The molecule has 0 saturated heterocycles. The van der Waals surface area contributed by atoms with E-state index in [-0.39, 0.29) is 11.3 Å². The number of nitro groups is 1. The maximum absolute atomic E-state index is 11.1. The minimum absolute atomic E-state index is 0.0168. The average Bonchev–Trinajstić information content (AvgIpc) is 3.20. The van der Waals surface area contributed by atoms with Gasteiger partial charge in [0.15, 0.2) is 0 Å². The lowest BCUT2D eigenvalue weighted by Crippen LogP contribution is -2.02. The first-order valence-corrected chi connectivity index (χ1v) is 10.8. The van der Waals surface area contributed by atoms with Gasteiger partial charge in [0.2, 0.25) is 0 Å². The SMILES string of the molecule is O=C(O)c1ccc(Cn2cc(-c3ccc(Cl)cc3Cl)nc2/C=C/c2ccc([N+](=O)[O-])cc2)cc1.